The van der Waals surface area contributed by atoms with Crippen molar-refractivity contribution >= 4 is 11.7 Å². The summed E-state index contributed by atoms with van der Waals surface area (Å²) in [6.45, 7) is 2.94. The molecule has 2 aliphatic heterocycles. The molecule has 5 nitrogen and oxygen atoms in total. The van der Waals surface area contributed by atoms with Crippen LogP contribution in [0.4, 0.5) is 5.69 Å². The molecule has 1 saturated heterocycles. The van der Waals surface area contributed by atoms with E-state index in [-0.39, 0.29) is 12.2 Å². The SMILES string of the molecule is CCOC(=O)C1OC2c3ccccc3CCN2N1c1ccccc1. The van der Waals surface area contributed by atoms with Crippen molar-refractivity contribution in [3.8, 4) is 0 Å². The van der Waals surface area contributed by atoms with E-state index >= 15 is 0 Å². The van der Waals surface area contributed by atoms with Crippen molar-refractivity contribution in [1.82, 2.24) is 5.01 Å². The van der Waals surface area contributed by atoms with E-state index in [1.807, 2.05) is 54.4 Å². The quantitative estimate of drug-likeness (QED) is 0.812. The molecule has 0 aliphatic carbocycles. The van der Waals surface area contributed by atoms with Crippen LogP contribution in [0.1, 0.15) is 24.3 Å². The highest BCUT2D eigenvalue weighted by Gasteiger charge is 2.47. The molecule has 0 N–H and O–H groups in total. The van der Waals surface area contributed by atoms with E-state index in [4.69, 9.17) is 9.47 Å². The van der Waals surface area contributed by atoms with Gasteiger partial charge in [0.05, 0.1) is 12.3 Å². The van der Waals surface area contributed by atoms with Crippen molar-refractivity contribution in [1.29, 1.82) is 0 Å². The van der Waals surface area contributed by atoms with E-state index in [0.29, 0.717) is 6.61 Å². The molecule has 2 aromatic rings. The van der Waals surface area contributed by atoms with Gasteiger partial charge in [0.15, 0.2) is 6.23 Å². The lowest BCUT2D eigenvalue weighted by molar-refractivity contribution is -0.156. The van der Waals surface area contributed by atoms with Gasteiger partial charge < -0.3 is 9.47 Å². The van der Waals surface area contributed by atoms with Gasteiger partial charge >= 0.3 is 5.97 Å². The Kier molecular flexibility index (Phi) is 3.96. The fourth-order valence-corrected chi connectivity index (χ4v) is 3.43. The van der Waals surface area contributed by atoms with E-state index in [9.17, 15) is 4.79 Å². The Labute approximate surface area is 141 Å². The Hall–Kier alpha value is -2.37. The second-order valence-corrected chi connectivity index (χ2v) is 5.88. The first kappa shape index (κ1) is 15.2. The van der Waals surface area contributed by atoms with Gasteiger partial charge in [0.25, 0.3) is 0 Å². The van der Waals surface area contributed by atoms with Gasteiger partial charge in [0, 0.05) is 12.1 Å². The van der Waals surface area contributed by atoms with Crippen molar-refractivity contribution in [3.05, 3.63) is 65.7 Å². The fourth-order valence-electron chi connectivity index (χ4n) is 3.43. The molecular weight excluding hydrogens is 304 g/mol. The summed E-state index contributed by atoms with van der Waals surface area (Å²) >= 11 is 0. The maximum absolute atomic E-state index is 12.5. The van der Waals surface area contributed by atoms with Crippen molar-refractivity contribution in [2.24, 2.45) is 0 Å². The summed E-state index contributed by atoms with van der Waals surface area (Å²) in [5, 5.41) is 4.05. The second kappa shape index (κ2) is 6.26. The van der Waals surface area contributed by atoms with Crippen LogP contribution in [-0.2, 0) is 20.7 Å². The van der Waals surface area contributed by atoms with Gasteiger partial charge in [-0.3, -0.25) is 5.01 Å². The predicted octanol–water partition coefficient (Wildman–Crippen LogP) is 2.88. The molecule has 2 heterocycles. The van der Waals surface area contributed by atoms with Crippen molar-refractivity contribution in [2.45, 2.75) is 25.8 Å². The van der Waals surface area contributed by atoms with E-state index in [2.05, 4.69) is 17.1 Å². The highest BCUT2D eigenvalue weighted by atomic mass is 16.6. The van der Waals surface area contributed by atoms with Crippen molar-refractivity contribution < 1.29 is 14.3 Å². The lowest BCUT2D eigenvalue weighted by Crippen LogP contribution is -2.47. The summed E-state index contributed by atoms with van der Waals surface area (Å²) in [7, 11) is 0. The van der Waals surface area contributed by atoms with Crippen molar-refractivity contribution in [2.75, 3.05) is 18.2 Å². The Morgan fingerprint density at radius 2 is 1.92 bits per heavy atom. The zero-order valence-electron chi connectivity index (χ0n) is 13.6. The normalized spacial score (nSPS) is 22.8. The molecule has 0 bridgehead atoms. The maximum Gasteiger partial charge on any atom is 0.358 e. The van der Waals surface area contributed by atoms with Crippen LogP contribution in [0.3, 0.4) is 0 Å². The Bertz CT molecular complexity index is 734. The van der Waals surface area contributed by atoms with Crippen LogP contribution in [0.25, 0.3) is 0 Å². The number of rotatable bonds is 3. The van der Waals surface area contributed by atoms with Gasteiger partial charge in [-0.15, -0.1) is 0 Å². The largest absolute Gasteiger partial charge is 0.463 e. The number of para-hydroxylation sites is 1. The highest BCUT2D eigenvalue weighted by molar-refractivity contribution is 5.79. The molecule has 0 spiro atoms. The maximum atomic E-state index is 12.5. The molecule has 0 aromatic heterocycles. The van der Waals surface area contributed by atoms with Gasteiger partial charge in [-0.1, -0.05) is 42.5 Å². The zero-order chi connectivity index (χ0) is 16.5. The average molecular weight is 324 g/mol. The number of ether oxygens (including phenoxy) is 2. The molecule has 1 fully saturated rings. The molecule has 2 atom stereocenters. The van der Waals surface area contributed by atoms with Crippen LogP contribution < -0.4 is 5.01 Å². The molecule has 24 heavy (non-hydrogen) atoms. The van der Waals surface area contributed by atoms with E-state index in [0.717, 1.165) is 24.2 Å². The average Bonchev–Trinajstić information content (AvgIpc) is 3.03. The molecule has 5 heteroatoms. The van der Waals surface area contributed by atoms with Crippen LogP contribution in [0, 0.1) is 0 Å². The topological polar surface area (TPSA) is 42.0 Å². The van der Waals surface area contributed by atoms with Crippen LogP contribution in [0.5, 0.6) is 0 Å². The third-order valence-corrected chi connectivity index (χ3v) is 4.47. The molecule has 0 amide bonds. The smallest absolute Gasteiger partial charge is 0.358 e. The number of hydrogen-bond acceptors (Lipinski definition) is 5. The summed E-state index contributed by atoms with van der Waals surface area (Å²) in [6.07, 6.45) is -0.0948. The standard InChI is InChI=1S/C19H20N2O3/c1-2-23-19(22)18-21(15-9-4-3-5-10-15)20-13-12-14-8-6-7-11-16(14)17(20)24-18/h3-11,17-18H,2,12-13H2,1H3. The van der Waals surface area contributed by atoms with Gasteiger partial charge in [-0.25, -0.2) is 4.79 Å². The van der Waals surface area contributed by atoms with Crippen LogP contribution >= 0.6 is 0 Å². The number of nitrogens with zero attached hydrogens (tertiary/aromatic N) is 2. The first-order valence-electron chi connectivity index (χ1n) is 8.30. The minimum Gasteiger partial charge on any atom is -0.463 e. The number of hydrogen-bond donors (Lipinski definition) is 0. The highest BCUT2D eigenvalue weighted by Crippen LogP contribution is 2.41. The molecule has 124 valence electrons. The number of fused-ring (bicyclic) bond motifs is 3. The summed E-state index contributed by atoms with van der Waals surface area (Å²) in [5.41, 5.74) is 3.32. The van der Waals surface area contributed by atoms with Crippen molar-refractivity contribution in [3.63, 3.8) is 0 Å². The first-order valence-corrected chi connectivity index (χ1v) is 8.30. The predicted molar refractivity (Wildman–Crippen MR) is 90.0 cm³/mol. The van der Waals surface area contributed by atoms with E-state index in [1.165, 1.54) is 5.56 Å². The fraction of sp³-hybridized carbons (Fsp3) is 0.316. The third-order valence-electron chi connectivity index (χ3n) is 4.47. The molecule has 2 aliphatic rings. The van der Waals surface area contributed by atoms with E-state index < -0.39 is 6.23 Å². The molecular formula is C19H20N2O3. The number of esters is 1. The molecule has 0 radical (unpaired) electrons. The molecule has 0 saturated carbocycles. The van der Waals surface area contributed by atoms with Gasteiger partial charge in [-0.05, 0) is 31.0 Å². The minimum atomic E-state index is -0.761. The monoisotopic (exact) mass is 324 g/mol. The number of hydrazine groups is 1. The number of carbonyl (C=O) groups is 1. The van der Waals surface area contributed by atoms with Crippen LogP contribution in [0.15, 0.2) is 54.6 Å². The first-order chi connectivity index (χ1) is 11.8. The lowest BCUT2D eigenvalue weighted by Gasteiger charge is -2.36. The summed E-state index contributed by atoms with van der Waals surface area (Å²) in [4.78, 5) is 12.5. The number of carbonyl (C=O) groups excluding carboxylic acids is 1. The zero-order valence-corrected chi connectivity index (χ0v) is 13.6. The lowest BCUT2D eigenvalue weighted by atomic mass is 9.99. The minimum absolute atomic E-state index is 0.260. The summed E-state index contributed by atoms with van der Waals surface area (Å²) in [5.74, 6) is -0.353. The summed E-state index contributed by atoms with van der Waals surface area (Å²) in [6, 6.07) is 18.1. The Balaban J connectivity index is 1.74. The third kappa shape index (κ3) is 2.46. The Morgan fingerprint density at radius 1 is 1.17 bits per heavy atom. The van der Waals surface area contributed by atoms with Crippen LogP contribution in [0.2, 0.25) is 0 Å². The number of benzene rings is 2. The van der Waals surface area contributed by atoms with Crippen LogP contribution in [-0.4, -0.2) is 30.4 Å². The molecule has 4 rings (SSSR count). The molecule has 2 aromatic carbocycles. The molecule has 2 unspecified atom stereocenters. The second-order valence-electron chi connectivity index (χ2n) is 5.88. The van der Waals surface area contributed by atoms with Gasteiger partial charge in [0.1, 0.15) is 0 Å². The van der Waals surface area contributed by atoms with E-state index in [1.54, 1.807) is 0 Å². The van der Waals surface area contributed by atoms with Gasteiger partial charge in [0.2, 0.25) is 6.23 Å². The summed E-state index contributed by atoms with van der Waals surface area (Å²) < 4.78 is 11.4. The Morgan fingerprint density at radius 3 is 2.71 bits per heavy atom. The van der Waals surface area contributed by atoms with Gasteiger partial charge in [-0.2, -0.15) is 5.01 Å². The number of anilines is 1.